The van der Waals surface area contributed by atoms with Gasteiger partial charge in [-0.05, 0) is 49.9 Å². The van der Waals surface area contributed by atoms with E-state index in [-0.39, 0.29) is 18.4 Å². The Hall–Kier alpha value is -3.20. The molecule has 0 saturated carbocycles. The van der Waals surface area contributed by atoms with Crippen LogP contribution in [0.25, 0.3) is 0 Å². The number of rotatable bonds is 6. The highest BCUT2D eigenvalue weighted by Gasteiger charge is 2.60. The molecule has 0 bridgehead atoms. The number of para-hydroxylation sites is 1. The number of esters is 2. The van der Waals surface area contributed by atoms with Gasteiger partial charge < -0.3 is 9.47 Å². The van der Waals surface area contributed by atoms with Crippen molar-refractivity contribution in [3.63, 3.8) is 0 Å². The normalized spacial score (nSPS) is 15.2. The Balaban J connectivity index is 2.04. The molecule has 0 atom stereocenters. The molecule has 0 N–H and O–H groups in total. The molecule has 1 heterocycles. The summed E-state index contributed by atoms with van der Waals surface area (Å²) in [6, 6.07) is 17.9. The molecule has 8 nitrogen and oxygen atoms in total. The molecule has 1 aliphatic rings. The van der Waals surface area contributed by atoms with Crippen LogP contribution in [0, 0.1) is 0 Å². The quantitative estimate of drug-likeness (QED) is 0.403. The Morgan fingerprint density at radius 3 is 2.03 bits per heavy atom. The molecule has 9 heteroatoms. The third-order valence-electron chi connectivity index (χ3n) is 3.84. The van der Waals surface area contributed by atoms with Crippen molar-refractivity contribution < 1.29 is 19.1 Å². The number of carbonyl (C=O) groups excluding carboxylic acids is 2. The molecule has 0 radical (unpaired) electrons. The molecule has 0 aliphatic carbocycles. The van der Waals surface area contributed by atoms with Gasteiger partial charge in [-0.25, -0.2) is 14.6 Å². The second-order valence-corrected chi connectivity index (χ2v) is 6.91. The van der Waals surface area contributed by atoms with Crippen molar-refractivity contribution in [2.75, 3.05) is 18.2 Å². The summed E-state index contributed by atoms with van der Waals surface area (Å²) in [6.07, 6.45) is 0. The third kappa shape index (κ3) is 4.29. The van der Waals surface area contributed by atoms with E-state index in [9.17, 15) is 9.59 Å². The predicted octanol–water partition coefficient (Wildman–Crippen LogP) is 4.12. The maximum Gasteiger partial charge on any atom is 0.357 e. The van der Waals surface area contributed by atoms with Gasteiger partial charge in [-0.2, -0.15) is 0 Å². The standard InChI is InChI=1S/C20H20N4O4S/c1-3-27-17(25)20(18(26)28-4-2)24(16-13-9-6-10-14-16)23-19(29-20)22-21-15-11-7-5-8-12-15/h5-14H,3-4H2,1-2H3. The van der Waals surface area contributed by atoms with Gasteiger partial charge in [0.25, 0.3) is 0 Å². The Morgan fingerprint density at radius 2 is 1.48 bits per heavy atom. The lowest BCUT2D eigenvalue weighted by molar-refractivity contribution is -0.158. The summed E-state index contributed by atoms with van der Waals surface area (Å²) < 4.78 is 10.4. The number of ether oxygens (including phenoxy) is 2. The highest BCUT2D eigenvalue weighted by atomic mass is 32.2. The number of thioether (sulfide) groups is 1. The summed E-state index contributed by atoms with van der Waals surface area (Å²) in [5, 5.41) is 14.1. The summed E-state index contributed by atoms with van der Waals surface area (Å²) >= 11 is 0.843. The fourth-order valence-electron chi connectivity index (χ4n) is 2.59. The van der Waals surface area contributed by atoms with Crippen LogP contribution in [0.4, 0.5) is 11.4 Å². The van der Waals surface area contributed by atoms with Crippen molar-refractivity contribution in [1.29, 1.82) is 0 Å². The average molecular weight is 412 g/mol. The fourth-order valence-corrected chi connectivity index (χ4v) is 3.58. The minimum absolute atomic E-state index is 0.101. The zero-order valence-corrected chi connectivity index (χ0v) is 16.8. The van der Waals surface area contributed by atoms with Gasteiger partial charge in [-0.1, -0.05) is 36.4 Å². The first-order valence-corrected chi connectivity index (χ1v) is 9.87. The fraction of sp³-hybridized carbons (Fsp3) is 0.250. The minimum atomic E-state index is -1.88. The SMILES string of the molecule is CCOC(=O)C1(C(=O)OCC)SC(N=Nc2ccccc2)=NN1c1ccccc1. The van der Waals surface area contributed by atoms with Gasteiger partial charge in [0, 0.05) is 0 Å². The number of hydrogen-bond acceptors (Lipinski definition) is 9. The molecule has 29 heavy (non-hydrogen) atoms. The molecule has 0 aromatic heterocycles. The first-order chi connectivity index (χ1) is 14.1. The molecule has 0 spiro atoms. The van der Waals surface area contributed by atoms with Crippen molar-refractivity contribution in [1.82, 2.24) is 0 Å². The molecular formula is C20H20N4O4S. The predicted molar refractivity (Wildman–Crippen MR) is 111 cm³/mol. The molecule has 0 saturated heterocycles. The van der Waals surface area contributed by atoms with Crippen molar-refractivity contribution in [2.24, 2.45) is 15.3 Å². The van der Waals surface area contributed by atoms with E-state index in [0.717, 1.165) is 11.8 Å². The average Bonchev–Trinajstić information content (AvgIpc) is 3.15. The van der Waals surface area contributed by atoms with Crippen molar-refractivity contribution >= 4 is 40.2 Å². The monoisotopic (exact) mass is 412 g/mol. The van der Waals surface area contributed by atoms with Crippen LogP contribution in [0.15, 0.2) is 76.0 Å². The number of carbonyl (C=O) groups is 2. The Bertz CT molecular complexity index is 901. The van der Waals surface area contributed by atoms with E-state index in [2.05, 4.69) is 15.3 Å². The topological polar surface area (TPSA) is 92.9 Å². The van der Waals surface area contributed by atoms with E-state index in [4.69, 9.17) is 9.47 Å². The highest BCUT2D eigenvalue weighted by molar-refractivity contribution is 8.16. The zero-order valence-electron chi connectivity index (χ0n) is 16.0. The minimum Gasteiger partial charge on any atom is -0.463 e. The van der Waals surface area contributed by atoms with Crippen LogP contribution in [-0.2, 0) is 19.1 Å². The van der Waals surface area contributed by atoms with Crippen molar-refractivity contribution in [3.05, 3.63) is 60.7 Å². The first kappa shape index (κ1) is 20.5. The molecule has 0 amide bonds. The molecule has 3 rings (SSSR count). The second kappa shape index (κ2) is 9.33. The molecule has 0 unspecified atom stereocenters. The molecule has 1 aliphatic heterocycles. The summed E-state index contributed by atoms with van der Waals surface area (Å²) in [5.41, 5.74) is 1.14. The second-order valence-electron chi connectivity index (χ2n) is 5.75. The summed E-state index contributed by atoms with van der Waals surface area (Å²) in [6.45, 7) is 3.54. The number of benzene rings is 2. The Kier molecular flexibility index (Phi) is 6.61. The largest absolute Gasteiger partial charge is 0.463 e. The zero-order chi connectivity index (χ0) is 20.7. The van der Waals surface area contributed by atoms with E-state index in [0.29, 0.717) is 11.4 Å². The van der Waals surface area contributed by atoms with Crippen LogP contribution in [0.5, 0.6) is 0 Å². The number of hydrogen-bond donors (Lipinski definition) is 0. The number of anilines is 1. The van der Waals surface area contributed by atoms with Gasteiger partial charge in [0.1, 0.15) is 0 Å². The summed E-state index contributed by atoms with van der Waals surface area (Å²) in [4.78, 5) is 24.0. The summed E-state index contributed by atoms with van der Waals surface area (Å²) in [7, 11) is 0. The van der Waals surface area contributed by atoms with Crippen molar-refractivity contribution in [2.45, 2.75) is 18.7 Å². The first-order valence-electron chi connectivity index (χ1n) is 9.06. The van der Waals surface area contributed by atoms with E-state index in [1.165, 1.54) is 5.01 Å². The van der Waals surface area contributed by atoms with E-state index < -0.39 is 16.8 Å². The Morgan fingerprint density at radius 1 is 0.931 bits per heavy atom. The number of azo groups is 1. The Labute approximate surface area is 172 Å². The van der Waals surface area contributed by atoms with E-state index >= 15 is 0 Å². The van der Waals surface area contributed by atoms with Crippen LogP contribution in [-0.4, -0.2) is 35.2 Å². The van der Waals surface area contributed by atoms with Crippen LogP contribution in [0.2, 0.25) is 0 Å². The van der Waals surface area contributed by atoms with Gasteiger partial charge >= 0.3 is 16.8 Å². The van der Waals surface area contributed by atoms with Gasteiger partial charge in [0.2, 0.25) is 5.17 Å². The van der Waals surface area contributed by atoms with E-state index in [1.807, 2.05) is 24.3 Å². The van der Waals surface area contributed by atoms with Gasteiger partial charge in [0.15, 0.2) is 0 Å². The van der Waals surface area contributed by atoms with Crippen LogP contribution >= 0.6 is 11.8 Å². The highest BCUT2D eigenvalue weighted by Crippen LogP contribution is 2.43. The van der Waals surface area contributed by atoms with Gasteiger partial charge in [-0.3, -0.25) is 0 Å². The number of nitrogens with zero attached hydrogens (tertiary/aromatic N) is 4. The molecule has 2 aromatic rings. The summed E-state index contributed by atoms with van der Waals surface area (Å²) in [5.74, 6) is -1.55. The lowest BCUT2D eigenvalue weighted by atomic mass is 10.2. The van der Waals surface area contributed by atoms with Gasteiger partial charge in [0.05, 0.1) is 24.6 Å². The maximum absolute atomic E-state index is 13.0. The maximum atomic E-state index is 13.0. The lowest BCUT2D eigenvalue weighted by Crippen LogP contribution is -2.55. The van der Waals surface area contributed by atoms with E-state index in [1.54, 1.807) is 50.2 Å². The molecule has 0 fully saturated rings. The van der Waals surface area contributed by atoms with Gasteiger partial charge in [-0.15, -0.1) is 15.3 Å². The molecular weight excluding hydrogens is 392 g/mol. The van der Waals surface area contributed by atoms with Crippen LogP contribution in [0.1, 0.15) is 13.8 Å². The van der Waals surface area contributed by atoms with Crippen LogP contribution in [0.3, 0.4) is 0 Å². The van der Waals surface area contributed by atoms with Crippen molar-refractivity contribution in [3.8, 4) is 0 Å². The smallest absolute Gasteiger partial charge is 0.357 e. The lowest BCUT2D eigenvalue weighted by Gasteiger charge is -2.31. The van der Waals surface area contributed by atoms with Crippen LogP contribution < -0.4 is 5.01 Å². The number of hydrazone groups is 1. The number of amidine groups is 1. The third-order valence-corrected chi connectivity index (χ3v) is 4.98. The molecule has 2 aromatic carbocycles. The molecule has 150 valence electrons.